The minimum absolute atomic E-state index is 0.0444. The van der Waals surface area contributed by atoms with Crippen LogP contribution in [0.15, 0.2) is 60.7 Å². The number of rotatable bonds is 4. The van der Waals surface area contributed by atoms with Crippen molar-refractivity contribution >= 4 is 17.4 Å². The normalized spacial score (nSPS) is 25.8. The molecule has 5 rings (SSSR count). The summed E-state index contributed by atoms with van der Waals surface area (Å²) in [6.07, 6.45) is -0.0444. The van der Waals surface area contributed by atoms with Crippen LogP contribution in [-0.2, 0) is 16.0 Å². The van der Waals surface area contributed by atoms with E-state index in [9.17, 15) is 14.3 Å². The van der Waals surface area contributed by atoms with Crippen LogP contribution in [0, 0.1) is 5.82 Å². The van der Waals surface area contributed by atoms with Crippen LogP contribution in [0.25, 0.3) is 0 Å². The maximum absolute atomic E-state index is 14.2. The summed E-state index contributed by atoms with van der Waals surface area (Å²) in [6, 6.07) is 16.0. The van der Waals surface area contributed by atoms with Gasteiger partial charge in [-0.2, -0.15) is 0 Å². The van der Waals surface area contributed by atoms with Gasteiger partial charge in [0.15, 0.2) is 17.0 Å². The van der Waals surface area contributed by atoms with Crippen LogP contribution in [0.3, 0.4) is 0 Å². The van der Waals surface area contributed by atoms with E-state index in [-0.39, 0.29) is 23.5 Å². The SMILES string of the molecule is COc1cc(OC)c2c(c1)O[C@@]1(c3ccc(Cl)cc3)[C@H](c3cccc(F)c3)CC(=O)[C@@]21O. The van der Waals surface area contributed by atoms with Crippen molar-refractivity contribution in [3.05, 3.63) is 88.2 Å². The molecule has 7 heteroatoms. The number of hydrogen-bond acceptors (Lipinski definition) is 5. The Kier molecular flexibility index (Phi) is 4.69. The van der Waals surface area contributed by atoms with Crippen LogP contribution in [0.4, 0.5) is 4.39 Å². The van der Waals surface area contributed by atoms with Gasteiger partial charge in [0.05, 0.1) is 19.8 Å². The van der Waals surface area contributed by atoms with Crippen LogP contribution in [0.2, 0.25) is 5.02 Å². The molecule has 0 aromatic heterocycles. The summed E-state index contributed by atoms with van der Waals surface area (Å²) in [6.45, 7) is 0. The number of ether oxygens (including phenoxy) is 3. The molecule has 3 atom stereocenters. The summed E-state index contributed by atoms with van der Waals surface area (Å²) in [5.74, 6) is -0.556. The first-order valence-corrected chi connectivity index (χ1v) is 10.5. The predicted molar refractivity (Wildman–Crippen MR) is 116 cm³/mol. The summed E-state index contributed by atoms with van der Waals surface area (Å²) in [5, 5.41) is 12.7. The van der Waals surface area contributed by atoms with Crippen molar-refractivity contribution in [1.29, 1.82) is 0 Å². The van der Waals surface area contributed by atoms with E-state index in [1.807, 2.05) is 0 Å². The molecule has 0 radical (unpaired) electrons. The smallest absolute Gasteiger partial charge is 0.200 e. The molecule has 2 aliphatic rings. The quantitative estimate of drug-likeness (QED) is 0.617. The third kappa shape index (κ3) is 2.63. The Labute approximate surface area is 189 Å². The molecule has 0 saturated heterocycles. The molecule has 32 heavy (non-hydrogen) atoms. The molecular weight excluding hydrogens is 435 g/mol. The van der Waals surface area contributed by atoms with Gasteiger partial charge in [-0.25, -0.2) is 4.39 Å². The van der Waals surface area contributed by atoms with E-state index in [4.69, 9.17) is 25.8 Å². The molecule has 0 bridgehead atoms. The maximum atomic E-state index is 14.2. The molecule has 0 amide bonds. The molecule has 3 aromatic rings. The van der Waals surface area contributed by atoms with Crippen molar-refractivity contribution in [1.82, 2.24) is 0 Å². The number of hydrogen-bond donors (Lipinski definition) is 1. The van der Waals surface area contributed by atoms with E-state index in [0.29, 0.717) is 21.9 Å². The van der Waals surface area contributed by atoms with E-state index < -0.39 is 28.7 Å². The Morgan fingerprint density at radius 2 is 1.84 bits per heavy atom. The monoisotopic (exact) mass is 454 g/mol. The minimum Gasteiger partial charge on any atom is -0.496 e. The number of aliphatic hydroxyl groups is 1. The Balaban J connectivity index is 1.83. The van der Waals surface area contributed by atoms with Gasteiger partial charge in [-0.1, -0.05) is 35.9 Å². The zero-order valence-electron chi connectivity index (χ0n) is 17.4. The molecule has 1 saturated carbocycles. The molecule has 0 spiro atoms. The highest BCUT2D eigenvalue weighted by Gasteiger charge is 2.74. The number of carbonyl (C=O) groups excluding carboxylic acids is 1. The second kappa shape index (κ2) is 7.22. The molecule has 1 fully saturated rings. The Morgan fingerprint density at radius 3 is 2.50 bits per heavy atom. The van der Waals surface area contributed by atoms with Crippen LogP contribution in [0.1, 0.15) is 29.0 Å². The van der Waals surface area contributed by atoms with Crippen molar-refractivity contribution in [2.24, 2.45) is 0 Å². The zero-order chi connectivity index (χ0) is 22.7. The van der Waals surface area contributed by atoms with Crippen LogP contribution < -0.4 is 14.2 Å². The van der Waals surface area contributed by atoms with E-state index >= 15 is 0 Å². The van der Waals surface area contributed by atoms with Crippen molar-refractivity contribution in [2.75, 3.05) is 14.2 Å². The molecular formula is C25H20ClFO5. The van der Waals surface area contributed by atoms with Gasteiger partial charge >= 0.3 is 0 Å². The van der Waals surface area contributed by atoms with Crippen molar-refractivity contribution in [3.8, 4) is 17.2 Å². The lowest BCUT2D eigenvalue weighted by atomic mass is 9.71. The molecule has 5 nitrogen and oxygen atoms in total. The average Bonchev–Trinajstić information content (AvgIpc) is 3.19. The largest absolute Gasteiger partial charge is 0.496 e. The molecule has 1 aliphatic heterocycles. The number of Topliss-reactive ketones (excluding diaryl/α,β-unsaturated/α-hetero) is 1. The van der Waals surface area contributed by atoms with Gasteiger partial charge in [0, 0.05) is 29.5 Å². The Morgan fingerprint density at radius 1 is 1.09 bits per heavy atom. The van der Waals surface area contributed by atoms with Crippen molar-refractivity contribution in [3.63, 3.8) is 0 Å². The highest BCUT2D eigenvalue weighted by Crippen LogP contribution is 2.67. The maximum Gasteiger partial charge on any atom is 0.200 e. The van der Waals surface area contributed by atoms with Gasteiger partial charge in [0.25, 0.3) is 0 Å². The first-order valence-electron chi connectivity index (χ1n) is 10.1. The lowest BCUT2D eigenvalue weighted by Crippen LogP contribution is -2.50. The molecule has 1 N–H and O–H groups in total. The number of halogens is 2. The lowest BCUT2D eigenvalue weighted by molar-refractivity contribution is -0.151. The number of methoxy groups -OCH3 is 2. The molecule has 0 unspecified atom stereocenters. The van der Waals surface area contributed by atoms with E-state index in [1.165, 1.54) is 26.4 Å². The lowest BCUT2D eigenvalue weighted by Gasteiger charge is -2.39. The molecule has 1 heterocycles. The zero-order valence-corrected chi connectivity index (χ0v) is 18.2. The van der Waals surface area contributed by atoms with Gasteiger partial charge in [-0.15, -0.1) is 0 Å². The third-order valence-corrected chi connectivity index (χ3v) is 6.73. The average molecular weight is 455 g/mol. The van der Waals surface area contributed by atoms with E-state index in [1.54, 1.807) is 48.5 Å². The van der Waals surface area contributed by atoms with Crippen LogP contribution in [0.5, 0.6) is 17.2 Å². The van der Waals surface area contributed by atoms with E-state index in [0.717, 1.165) is 0 Å². The van der Waals surface area contributed by atoms with Crippen LogP contribution >= 0.6 is 11.6 Å². The second-order valence-electron chi connectivity index (χ2n) is 7.99. The second-order valence-corrected chi connectivity index (χ2v) is 8.43. The number of benzene rings is 3. The number of fused-ring (bicyclic) bond motifs is 3. The van der Waals surface area contributed by atoms with Gasteiger partial charge in [-0.3, -0.25) is 4.79 Å². The summed E-state index contributed by atoms with van der Waals surface area (Å²) in [5.41, 5.74) is -2.29. The molecule has 1 aliphatic carbocycles. The summed E-state index contributed by atoms with van der Waals surface area (Å²) < 4.78 is 31.6. The van der Waals surface area contributed by atoms with Crippen molar-refractivity contribution < 1.29 is 28.5 Å². The van der Waals surface area contributed by atoms with Gasteiger partial charge in [0.1, 0.15) is 23.1 Å². The summed E-state index contributed by atoms with van der Waals surface area (Å²) in [7, 11) is 2.95. The Bertz CT molecular complexity index is 1230. The fraction of sp³-hybridized carbons (Fsp3) is 0.240. The standard InChI is InChI=1S/C25H20ClFO5/c1-30-18-11-20(31-2)23-21(12-18)32-25(15-6-8-16(26)9-7-15)19(13-22(28)24(23,25)29)14-4-3-5-17(27)10-14/h3-12,19,29H,13H2,1-2H3/t19-,24+,25-/m0/s1. The Hall–Kier alpha value is -3.09. The van der Waals surface area contributed by atoms with E-state index in [2.05, 4.69) is 0 Å². The predicted octanol–water partition coefficient (Wildman–Crippen LogP) is 4.73. The van der Waals surface area contributed by atoms with Gasteiger partial charge < -0.3 is 19.3 Å². The van der Waals surface area contributed by atoms with Gasteiger partial charge in [-0.05, 0) is 35.4 Å². The highest BCUT2D eigenvalue weighted by atomic mass is 35.5. The number of carbonyl (C=O) groups is 1. The third-order valence-electron chi connectivity index (χ3n) is 6.47. The van der Waals surface area contributed by atoms with Crippen LogP contribution in [-0.4, -0.2) is 25.1 Å². The summed E-state index contributed by atoms with van der Waals surface area (Å²) in [4.78, 5) is 13.5. The minimum atomic E-state index is -2.06. The fourth-order valence-corrected chi connectivity index (χ4v) is 5.23. The topological polar surface area (TPSA) is 65.0 Å². The number of ketones is 1. The van der Waals surface area contributed by atoms with Crippen molar-refractivity contribution in [2.45, 2.75) is 23.5 Å². The first-order chi connectivity index (χ1) is 15.3. The highest BCUT2D eigenvalue weighted by molar-refractivity contribution is 6.30. The fourth-order valence-electron chi connectivity index (χ4n) is 5.10. The van der Waals surface area contributed by atoms with Gasteiger partial charge in [0.2, 0.25) is 0 Å². The molecule has 164 valence electrons. The summed E-state index contributed by atoms with van der Waals surface area (Å²) >= 11 is 6.12. The first kappa shape index (κ1) is 20.8. The molecule has 3 aromatic carbocycles.